The molecule has 0 aliphatic carbocycles. The fourth-order valence-corrected chi connectivity index (χ4v) is 3.18. The second-order valence-electron chi connectivity index (χ2n) is 5.50. The van der Waals surface area contributed by atoms with Crippen LogP contribution in [0, 0.1) is 11.6 Å². The van der Waals surface area contributed by atoms with Gasteiger partial charge in [-0.2, -0.15) is 0 Å². The highest BCUT2D eigenvalue weighted by Crippen LogP contribution is 2.29. The van der Waals surface area contributed by atoms with E-state index < -0.39 is 11.6 Å². The summed E-state index contributed by atoms with van der Waals surface area (Å²) in [6, 6.07) is 2.35. The van der Waals surface area contributed by atoms with Crippen LogP contribution in [0.2, 0.25) is 0 Å². The Balaban J connectivity index is 2.10. The number of nitrogens with one attached hydrogen (secondary N) is 1. The molecule has 2 unspecified atom stereocenters. The monoisotopic (exact) mass is 361 g/mol. The van der Waals surface area contributed by atoms with Gasteiger partial charge in [-0.25, -0.2) is 8.78 Å². The summed E-state index contributed by atoms with van der Waals surface area (Å²) in [6.07, 6.45) is 4.80. The molecule has 0 amide bonds. The van der Waals surface area contributed by atoms with Crippen molar-refractivity contribution in [2.45, 2.75) is 51.2 Å². The van der Waals surface area contributed by atoms with Crippen LogP contribution in [-0.4, -0.2) is 19.3 Å². The lowest BCUT2D eigenvalue weighted by atomic mass is 9.98. The molecule has 1 aromatic rings. The van der Waals surface area contributed by atoms with Crippen molar-refractivity contribution < 1.29 is 13.5 Å². The van der Waals surface area contributed by atoms with Crippen molar-refractivity contribution in [3.05, 3.63) is 33.8 Å². The molecule has 0 bridgehead atoms. The van der Waals surface area contributed by atoms with Crippen LogP contribution < -0.4 is 5.32 Å². The average molecular weight is 362 g/mol. The largest absolute Gasteiger partial charge is 0.378 e. The van der Waals surface area contributed by atoms with Crippen molar-refractivity contribution in [2.24, 2.45) is 0 Å². The van der Waals surface area contributed by atoms with Crippen LogP contribution >= 0.6 is 15.9 Å². The molecule has 1 heterocycles. The molecule has 1 fully saturated rings. The van der Waals surface area contributed by atoms with Gasteiger partial charge in [0.1, 0.15) is 11.6 Å². The molecule has 1 aromatic carbocycles. The number of hydrogen-bond acceptors (Lipinski definition) is 2. The number of hydrogen-bond donors (Lipinski definition) is 1. The van der Waals surface area contributed by atoms with Crippen LogP contribution in [0.5, 0.6) is 0 Å². The zero-order valence-corrected chi connectivity index (χ0v) is 13.9. The fraction of sp³-hybridized carbons (Fsp3) is 0.625. The Morgan fingerprint density at radius 1 is 1.38 bits per heavy atom. The van der Waals surface area contributed by atoms with Gasteiger partial charge < -0.3 is 10.1 Å². The van der Waals surface area contributed by atoms with E-state index in [1.165, 1.54) is 12.1 Å². The highest BCUT2D eigenvalue weighted by Gasteiger charge is 2.23. The number of halogens is 3. The van der Waals surface area contributed by atoms with Gasteiger partial charge in [0, 0.05) is 22.7 Å². The van der Waals surface area contributed by atoms with Gasteiger partial charge in [-0.05, 0) is 50.8 Å². The van der Waals surface area contributed by atoms with Gasteiger partial charge in [-0.15, -0.1) is 0 Å². The molecule has 2 atom stereocenters. The van der Waals surface area contributed by atoms with E-state index in [1.807, 2.05) is 6.92 Å². The first-order valence-corrected chi connectivity index (χ1v) is 8.40. The maximum atomic E-state index is 14.1. The molecule has 118 valence electrons. The molecule has 1 aliphatic heterocycles. The van der Waals surface area contributed by atoms with Crippen molar-refractivity contribution >= 4 is 15.9 Å². The Morgan fingerprint density at radius 3 is 2.67 bits per heavy atom. The number of ether oxygens (including phenoxy) is 1. The van der Waals surface area contributed by atoms with Crippen molar-refractivity contribution in [1.82, 2.24) is 5.32 Å². The highest BCUT2D eigenvalue weighted by atomic mass is 79.9. The molecule has 1 N–H and O–H groups in total. The van der Waals surface area contributed by atoms with E-state index in [0.717, 1.165) is 38.8 Å². The molecule has 0 aromatic heterocycles. The lowest BCUT2D eigenvalue weighted by molar-refractivity contribution is 0.0993. The van der Waals surface area contributed by atoms with E-state index in [-0.39, 0.29) is 17.7 Å². The summed E-state index contributed by atoms with van der Waals surface area (Å²) in [4.78, 5) is 0. The van der Waals surface area contributed by atoms with Crippen LogP contribution in [0.15, 0.2) is 16.6 Å². The van der Waals surface area contributed by atoms with Gasteiger partial charge in [0.15, 0.2) is 0 Å². The van der Waals surface area contributed by atoms with Gasteiger partial charge >= 0.3 is 0 Å². The SMILES string of the molecule is CCCNC(CCC1CCCO1)c1c(F)cc(Br)cc1F. The molecule has 0 radical (unpaired) electrons. The lowest BCUT2D eigenvalue weighted by Gasteiger charge is -2.22. The Morgan fingerprint density at radius 2 is 2.10 bits per heavy atom. The smallest absolute Gasteiger partial charge is 0.132 e. The summed E-state index contributed by atoms with van der Waals surface area (Å²) in [5.41, 5.74) is 0.143. The van der Waals surface area contributed by atoms with E-state index in [2.05, 4.69) is 21.2 Å². The normalized spacial score (nSPS) is 19.9. The van der Waals surface area contributed by atoms with Crippen molar-refractivity contribution in [3.63, 3.8) is 0 Å². The van der Waals surface area contributed by atoms with Crippen molar-refractivity contribution in [3.8, 4) is 0 Å². The summed E-state index contributed by atoms with van der Waals surface area (Å²) in [6.45, 7) is 3.59. The second-order valence-corrected chi connectivity index (χ2v) is 6.42. The first-order chi connectivity index (χ1) is 10.1. The number of rotatable bonds is 7. The first kappa shape index (κ1) is 16.8. The minimum absolute atomic E-state index is 0.143. The summed E-state index contributed by atoms with van der Waals surface area (Å²) >= 11 is 3.12. The maximum absolute atomic E-state index is 14.1. The molecule has 1 aliphatic rings. The Bertz CT molecular complexity index is 441. The third-order valence-corrected chi connectivity index (χ3v) is 4.29. The van der Waals surface area contributed by atoms with E-state index >= 15 is 0 Å². The van der Waals surface area contributed by atoms with Crippen LogP contribution in [-0.2, 0) is 4.74 Å². The van der Waals surface area contributed by atoms with Gasteiger partial charge in [-0.3, -0.25) is 0 Å². The molecular formula is C16H22BrF2NO. The van der Waals surface area contributed by atoms with Crippen LogP contribution in [0.4, 0.5) is 8.78 Å². The maximum Gasteiger partial charge on any atom is 0.132 e. The topological polar surface area (TPSA) is 21.3 Å². The van der Waals surface area contributed by atoms with E-state index in [4.69, 9.17) is 4.74 Å². The lowest BCUT2D eigenvalue weighted by Crippen LogP contribution is -2.25. The second kappa shape index (κ2) is 8.20. The third-order valence-electron chi connectivity index (χ3n) is 3.83. The standard InChI is InChI=1S/C16H22BrF2NO/c1-2-7-20-15(6-5-12-4-3-8-21-12)16-13(18)9-11(17)10-14(16)19/h9-10,12,15,20H,2-8H2,1H3. The van der Waals surface area contributed by atoms with Gasteiger partial charge in [0.2, 0.25) is 0 Å². The molecule has 21 heavy (non-hydrogen) atoms. The van der Waals surface area contributed by atoms with E-state index in [9.17, 15) is 8.78 Å². The molecular weight excluding hydrogens is 340 g/mol. The predicted octanol–water partition coefficient (Wildman–Crippen LogP) is 4.73. The molecule has 2 nitrogen and oxygen atoms in total. The molecule has 0 spiro atoms. The molecule has 2 rings (SSSR count). The molecule has 5 heteroatoms. The van der Waals surface area contributed by atoms with Gasteiger partial charge in [0.05, 0.1) is 6.10 Å². The van der Waals surface area contributed by atoms with Gasteiger partial charge in [-0.1, -0.05) is 22.9 Å². The van der Waals surface area contributed by atoms with Crippen LogP contribution in [0.1, 0.15) is 50.6 Å². The zero-order valence-electron chi connectivity index (χ0n) is 12.3. The van der Waals surface area contributed by atoms with Crippen LogP contribution in [0.3, 0.4) is 0 Å². The average Bonchev–Trinajstić information content (AvgIpc) is 2.93. The summed E-state index contributed by atoms with van der Waals surface area (Å²) < 4.78 is 34.3. The molecule has 1 saturated heterocycles. The number of benzene rings is 1. The quantitative estimate of drug-likeness (QED) is 0.757. The Labute approximate surface area is 133 Å². The minimum Gasteiger partial charge on any atom is -0.378 e. The predicted molar refractivity (Wildman–Crippen MR) is 83.3 cm³/mol. The summed E-state index contributed by atoms with van der Waals surface area (Å²) in [7, 11) is 0. The Kier molecular flexibility index (Phi) is 6.58. The third kappa shape index (κ3) is 4.73. The fourth-order valence-electron chi connectivity index (χ4n) is 2.78. The first-order valence-electron chi connectivity index (χ1n) is 7.61. The molecule has 0 saturated carbocycles. The van der Waals surface area contributed by atoms with Crippen LogP contribution in [0.25, 0.3) is 0 Å². The van der Waals surface area contributed by atoms with E-state index in [1.54, 1.807) is 0 Å². The van der Waals surface area contributed by atoms with Crippen molar-refractivity contribution in [2.75, 3.05) is 13.2 Å². The summed E-state index contributed by atoms with van der Waals surface area (Å²) in [5.74, 6) is -0.995. The van der Waals surface area contributed by atoms with Crippen molar-refractivity contribution in [1.29, 1.82) is 0 Å². The zero-order chi connectivity index (χ0) is 15.2. The minimum atomic E-state index is -0.497. The highest BCUT2D eigenvalue weighted by molar-refractivity contribution is 9.10. The Hall–Kier alpha value is -0.520. The summed E-state index contributed by atoms with van der Waals surface area (Å²) in [5, 5.41) is 3.26. The van der Waals surface area contributed by atoms with E-state index in [0.29, 0.717) is 10.9 Å². The van der Waals surface area contributed by atoms with Gasteiger partial charge in [0.25, 0.3) is 0 Å².